The van der Waals surface area contributed by atoms with Crippen molar-refractivity contribution in [1.82, 2.24) is 4.90 Å². The fourth-order valence-corrected chi connectivity index (χ4v) is 0.617. The van der Waals surface area contributed by atoms with Crippen LogP contribution >= 0.6 is 0 Å². The van der Waals surface area contributed by atoms with E-state index in [9.17, 15) is 4.79 Å². The Morgan fingerprint density at radius 3 is 2.50 bits per heavy atom. The van der Waals surface area contributed by atoms with Crippen LogP contribution in [0.15, 0.2) is 0 Å². The van der Waals surface area contributed by atoms with Gasteiger partial charge in [-0.15, -0.1) is 0 Å². The van der Waals surface area contributed by atoms with E-state index in [1.54, 1.807) is 7.05 Å². The summed E-state index contributed by atoms with van der Waals surface area (Å²) in [6.45, 7) is 10.3. The van der Waals surface area contributed by atoms with E-state index in [-0.39, 0.29) is 18.5 Å². The second kappa shape index (κ2) is 3.89. The third kappa shape index (κ3) is 2.49. The number of hydrogen-bond donors (Lipinski definition) is 0. The summed E-state index contributed by atoms with van der Waals surface area (Å²) in [4.78, 5) is 15.5. The van der Waals surface area contributed by atoms with Crippen LogP contribution in [0.1, 0.15) is 13.8 Å². The van der Waals surface area contributed by atoms with Crippen LogP contribution in [0.4, 0.5) is 0 Å². The van der Waals surface area contributed by atoms with E-state index >= 15 is 0 Å². The summed E-state index contributed by atoms with van der Waals surface area (Å²) in [5, 5.41) is 0. The lowest BCUT2D eigenvalue weighted by Gasteiger charge is -2.12. The smallest absolute Gasteiger partial charge is 0.291 e. The topological polar surface area (TPSA) is 24.7 Å². The van der Waals surface area contributed by atoms with Crippen LogP contribution in [-0.4, -0.2) is 24.5 Å². The highest BCUT2D eigenvalue weighted by Crippen LogP contribution is 1.97. The van der Waals surface area contributed by atoms with Gasteiger partial charge in [0.25, 0.3) is 6.67 Å². The first-order chi connectivity index (χ1) is 4.59. The molecule has 0 radical (unpaired) electrons. The molecule has 0 aromatic carbocycles. The van der Waals surface area contributed by atoms with Crippen molar-refractivity contribution in [3.8, 4) is 0 Å². The van der Waals surface area contributed by atoms with Crippen molar-refractivity contribution < 1.29 is 4.79 Å². The van der Waals surface area contributed by atoms with Crippen LogP contribution in [0.5, 0.6) is 0 Å². The molecule has 1 amide bonds. The van der Waals surface area contributed by atoms with Crippen LogP contribution in [-0.2, 0) is 4.79 Å². The van der Waals surface area contributed by atoms with E-state index in [1.807, 2.05) is 13.8 Å². The normalized spacial score (nSPS) is 9.10. The first-order valence-corrected chi connectivity index (χ1v) is 3.17. The van der Waals surface area contributed by atoms with Crippen molar-refractivity contribution in [3.63, 3.8) is 0 Å². The second-order valence-corrected chi connectivity index (χ2v) is 2.49. The summed E-state index contributed by atoms with van der Waals surface area (Å²) in [6.07, 6.45) is 0. The summed E-state index contributed by atoms with van der Waals surface area (Å²) in [5.41, 5.74) is 0. The predicted molar refractivity (Wildman–Crippen MR) is 39.1 cm³/mol. The molecular weight excluding hydrogens is 128 g/mol. The Morgan fingerprint density at radius 1 is 1.70 bits per heavy atom. The lowest BCUT2D eigenvalue weighted by atomic mass is 10.2. The van der Waals surface area contributed by atoms with Gasteiger partial charge in [-0.3, -0.25) is 14.5 Å². The van der Waals surface area contributed by atoms with Crippen molar-refractivity contribution in [2.45, 2.75) is 13.8 Å². The maximum atomic E-state index is 11.0. The molecule has 0 aromatic rings. The average Bonchev–Trinajstić information content (AvgIpc) is 1.87. The number of rotatable bonds is 2. The zero-order valence-corrected chi connectivity index (χ0v) is 6.59. The fourth-order valence-electron chi connectivity index (χ4n) is 0.617. The molecule has 0 aliphatic heterocycles. The highest BCUT2D eigenvalue weighted by Gasteiger charge is 2.13. The van der Waals surface area contributed by atoms with Crippen LogP contribution in [0.3, 0.4) is 0 Å². The summed E-state index contributed by atoms with van der Waals surface area (Å²) in [7, 11) is 1.64. The van der Waals surface area contributed by atoms with Gasteiger partial charge in [-0.05, 0) is 0 Å². The molecule has 0 rings (SSSR count). The molecular formula is C7H12N2O. The van der Waals surface area contributed by atoms with Gasteiger partial charge in [0.15, 0.2) is 0 Å². The number of nitrogens with zero attached hydrogens (tertiary/aromatic N) is 2. The molecule has 0 aromatic heterocycles. The number of carbonyl (C=O) groups is 1. The van der Waals surface area contributed by atoms with Crippen molar-refractivity contribution >= 4 is 5.91 Å². The highest BCUT2D eigenvalue weighted by molar-refractivity contribution is 5.77. The minimum absolute atomic E-state index is 0.00764. The van der Waals surface area contributed by atoms with Gasteiger partial charge in [-0.25, -0.2) is 6.57 Å². The van der Waals surface area contributed by atoms with Crippen molar-refractivity contribution in [2.24, 2.45) is 5.92 Å². The van der Waals surface area contributed by atoms with Gasteiger partial charge in [0.2, 0.25) is 5.91 Å². The van der Waals surface area contributed by atoms with E-state index in [0.29, 0.717) is 0 Å². The molecule has 0 unspecified atom stereocenters. The highest BCUT2D eigenvalue weighted by atomic mass is 16.2. The first kappa shape index (κ1) is 8.96. The minimum Gasteiger partial charge on any atom is -0.293 e. The molecule has 0 aliphatic carbocycles. The zero-order chi connectivity index (χ0) is 8.15. The molecule has 0 saturated carbocycles. The average molecular weight is 140 g/mol. The molecule has 0 atom stereocenters. The van der Waals surface area contributed by atoms with Crippen LogP contribution in [0.25, 0.3) is 4.85 Å². The molecule has 0 spiro atoms. The van der Waals surface area contributed by atoms with Gasteiger partial charge in [0.1, 0.15) is 0 Å². The van der Waals surface area contributed by atoms with E-state index in [1.165, 1.54) is 4.90 Å². The molecule has 3 nitrogen and oxygen atoms in total. The quantitative estimate of drug-likeness (QED) is 0.525. The van der Waals surface area contributed by atoms with Gasteiger partial charge in [-0.2, -0.15) is 0 Å². The van der Waals surface area contributed by atoms with Crippen molar-refractivity contribution in [1.29, 1.82) is 0 Å². The monoisotopic (exact) mass is 140 g/mol. The van der Waals surface area contributed by atoms with Crippen molar-refractivity contribution in [3.05, 3.63) is 11.4 Å². The summed E-state index contributed by atoms with van der Waals surface area (Å²) in [6, 6.07) is 0. The number of carbonyl (C=O) groups excluding carboxylic acids is 1. The molecule has 0 bridgehead atoms. The van der Waals surface area contributed by atoms with E-state index < -0.39 is 0 Å². The second-order valence-electron chi connectivity index (χ2n) is 2.49. The number of hydrogen-bond acceptors (Lipinski definition) is 1. The predicted octanol–water partition coefficient (Wildman–Crippen LogP) is 0.978. The minimum atomic E-state index is -0.00764. The van der Waals surface area contributed by atoms with E-state index in [4.69, 9.17) is 6.57 Å². The Morgan fingerprint density at radius 2 is 2.20 bits per heavy atom. The first-order valence-electron chi connectivity index (χ1n) is 3.17. The van der Waals surface area contributed by atoms with Crippen LogP contribution < -0.4 is 0 Å². The third-order valence-electron chi connectivity index (χ3n) is 1.15. The summed E-state index contributed by atoms with van der Waals surface area (Å²) in [5.74, 6) is 0.0164. The molecule has 10 heavy (non-hydrogen) atoms. The standard InChI is InChI=1S/C7H12N2O/c1-6(2)7(10)9(4)5-8-3/h6H,5H2,1-2,4H3. The molecule has 0 fully saturated rings. The van der Waals surface area contributed by atoms with Gasteiger partial charge in [0.05, 0.1) is 0 Å². The van der Waals surface area contributed by atoms with E-state index in [2.05, 4.69) is 4.85 Å². The fraction of sp³-hybridized carbons (Fsp3) is 0.714. The Bertz CT molecular complexity index is 157. The maximum absolute atomic E-state index is 11.0. The zero-order valence-electron chi connectivity index (χ0n) is 6.59. The maximum Gasteiger partial charge on any atom is 0.291 e. The van der Waals surface area contributed by atoms with Gasteiger partial charge in [0, 0.05) is 13.0 Å². The number of amides is 1. The molecule has 56 valence electrons. The molecule has 0 saturated heterocycles. The van der Waals surface area contributed by atoms with Gasteiger partial charge < -0.3 is 0 Å². The lowest BCUT2D eigenvalue weighted by Crippen LogP contribution is -2.29. The largest absolute Gasteiger partial charge is 0.293 e. The van der Waals surface area contributed by atoms with Gasteiger partial charge >= 0.3 is 0 Å². The summed E-state index contributed by atoms with van der Waals surface area (Å²) >= 11 is 0. The van der Waals surface area contributed by atoms with Crippen LogP contribution in [0, 0.1) is 12.5 Å². The Labute approximate surface area is 61.5 Å². The SMILES string of the molecule is [C-]#[N+]CN(C)C(=O)C(C)C. The van der Waals surface area contributed by atoms with E-state index in [0.717, 1.165) is 0 Å². The molecule has 0 aliphatic rings. The Balaban J connectivity index is 3.85. The third-order valence-corrected chi connectivity index (χ3v) is 1.15. The molecule has 3 heteroatoms. The van der Waals surface area contributed by atoms with Gasteiger partial charge in [-0.1, -0.05) is 13.8 Å². The Hall–Kier alpha value is -1.04. The Kier molecular flexibility index (Phi) is 3.48. The summed E-state index contributed by atoms with van der Waals surface area (Å²) < 4.78 is 0. The van der Waals surface area contributed by atoms with Crippen molar-refractivity contribution in [2.75, 3.05) is 13.7 Å². The lowest BCUT2D eigenvalue weighted by molar-refractivity contribution is -0.132. The molecule has 0 heterocycles. The molecule has 0 N–H and O–H groups in total. The van der Waals surface area contributed by atoms with Crippen LogP contribution in [0.2, 0.25) is 0 Å².